The molecule has 132 valence electrons. The van der Waals surface area contributed by atoms with Crippen LogP contribution < -0.4 is 4.72 Å². The van der Waals surface area contributed by atoms with Crippen LogP contribution in [0.5, 0.6) is 0 Å². The van der Waals surface area contributed by atoms with Gasteiger partial charge in [0.15, 0.2) is 0 Å². The smallest absolute Gasteiger partial charge is 0.240 e. The molecule has 0 spiro atoms. The van der Waals surface area contributed by atoms with Crippen LogP contribution in [0.4, 0.5) is 0 Å². The van der Waals surface area contributed by atoms with Crippen LogP contribution in [-0.4, -0.2) is 40.5 Å². The highest BCUT2D eigenvalue weighted by Gasteiger charge is 2.20. The van der Waals surface area contributed by atoms with Crippen molar-refractivity contribution in [3.63, 3.8) is 0 Å². The Labute approximate surface area is 142 Å². The second-order valence-electron chi connectivity index (χ2n) is 5.34. The molecule has 0 unspecified atom stereocenters. The summed E-state index contributed by atoms with van der Waals surface area (Å²) in [6.45, 7) is 1.72. The van der Waals surface area contributed by atoms with Crippen LogP contribution in [0.1, 0.15) is 11.3 Å². The van der Waals surface area contributed by atoms with E-state index in [-0.39, 0.29) is 24.5 Å². The first-order valence-corrected chi connectivity index (χ1v) is 10.6. The summed E-state index contributed by atoms with van der Waals surface area (Å²) in [5.74, 6) is 0.488. The van der Waals surface area contributed by atoms with Gasteiger partial charge in [-0.05, 0) is 30.7 Å². The van der Waals surface area contributed by atoms with Crippen LogP contribution in [0, 0.1) is 6.92 Å². The predicted molar refractivity (Wildman–Crippen MR) is 90.3 cm³/mol. The van der Waals surface area contributed by atoms with Crippen LogP contribution in [0.25, 0.3) is 0 Å². The number of furan rings is 1. The van der Waals surface area contributed by atoms with Crippen molar-refractivity contribution in [2.75, 3.05) is 19.3 Å². The van der Waals surface area contributed by atoms with Crippen molar-refractivity contribution in [1.29, 1.82) is 0 Å². The summed E-state index contributed by atoms with van der Waals surface area (Å²) in [6.07, 6.45) is 2.53. The van der Waals surface area contributed by atoms with E-state index in [0.717, 1.165) is 10.6 Å². The average Bonchev–Trinajstić information content (AvgIpc) is 2.98. The van der Waals surface area contributed by atoms with E-state index < -0.39 is 20.0 Å². The Hall–Kier alpha value is -1.68. The molecule has 1 N–H and O–H groups in total. The SMILES string of the molecule is Cc1ccccc1S(=O)(=O)NCCN(Cc1ccco1)S(C)(=O)=O. The zero-order chi connectivity index (χ0) is 17.8. The van der Waals surface area contributed by atoms with Crippen molar-refractivity contribution in [3.05, 3.63) is 54.0 Å². The molecule has 0 saturated heterocycles. The van der Waals surface area contributed by atoms with E-state index in [1.807, 2.05) is 0 Å². The maximum Gasteiger partial charge on any atom is 0.240 e. The van der Waals surface area contributed by atoms with Gasteiger partial charge in [0.05, 0.1) is 24.0 Å². The molecule has 24 heavy (non-hydrogen) atoms. The molecule has 0 amide bonds. The number of benzene rings is 1. The third-order valence-electron chi connectivity index (χ3n) is 3.42. The number of nitrogens with one attached hydrogen (secondary N) is 1. The molecular formula is C15H20N2O5S2. The van der Waals surface area contributed by atoms with Gasteiger partial charge in [-0.15, -0.1) is 0 Å². The normalized spacial score (nSPS) is 12.6. The topological polar surface area (TPSA) is 96.7 Å². The zero-order valence-corrected chi connectivity index (χ0v) is 15.1. The second-order valence-corrected chi connectivity index (χ2v) is 9.06. The molecule has 0 aliphatic rings. The Morgan fingerprint density at radius 2 is 1.79 bits per heavy atom. The highest BCUT2D eigenvalue weighted by atomic mass is 32.2. The fourth-order valence-corrected chi connectivity index (χ4v) is 4.23. The fourth-order valence-electron chi connectivity index (χ4n) is 2.18. The second kappa shape index (κ2) is 7.47. The summed E-state index contributed by atoms with van der Waals surface area (Å²) in [5, 5.41) is 0. The van der Waals surface area contributed by atoms with Gasteiger partial charge in [-0.25, -0.2) is 21.6 Å². The van der Waals surface area contributed by atoms with E-state index in [2.05, 4.69) is 4.72 Å². The summed E-state index contributed by atoms with van der Waals surface area (Å²) in [7, 11) is -7.18. The standard InChI is InChI=1S/C15H20N2O5S2/c1-13-6-3-4-8-15(13)24(20,21)16-9-10-17(23(2,18)19)12-14-7-5-11-22-14/h3-8,11,16H,9-10,12H2,1-2H3. The summed E-state index contributed by atoms with van der Waals surface area (Å²) in [5.41, 5.74) is 0.626. The van der Waals surface area contributed by atoms with E-state index >= 15 is 0 Å². The lowest BCUT2D eigenvalue weighted by molar-refractivity contribution is 0.368. The Bertz CT molecular complexity index is 874. The van der Waals surface area contributed by atoms with Crippen molar-refractivity contribution in [2.24, 2.45) is 0 Å². The Morgan fingerprint density at radius 3 is 2.38 bits per heavy atom. The van der Waals surface area contributed by atoms with E-state index in [1.165, 1.54) is 12.3 Å². The molecule has 7 nitrogen and oxygen atoms in total. The summed E-state index contributed by atoms with van der Waals surface area (Å²) >= 11 is 0. The average molecular weight is 372 g/mol. The molecule has 0 saturated carbocycles. The third-order valence-corrected chi connectivity index (χ3v) is 6.29. The molecular weight excluding hydrogens is 352 g/mol. The van der Waals surface area contributed by atoms with E-state index in [4.69, 9.17) is 4.42 Å². The van der Waals surface area contributed by atoms with Crippen molar-refractivity contribution < 1.29 is 21.3 Å². The summed E-state index contributed by atoms with van der Waals surface area (Å²) < 4.78 is 57.0. The van der Waals surface area contributed by atoms with Gasteiger partial charge in [-0.2, -0.15) is 4.31 Å². The maximum atomic E-state index is 12.3. The van der Waals surface area contributed by atoms with Crippen molar-refractivity contribution >= 4 is 20.0 Å². The van der Waals surface area contributed by atoms with Gasteiger partial charge in [0.1, 0.15) is 5.76 Å². The molecule has 0 atom stereocenters. The molecule has 2 rings (SSSR count). The minimum absolute atomic E-state index is 0.00461. The maximum absolute atomic E-state index is 12.3. The minimum Gasteiger partial charge on any atom is -0.468 e. The van der Waals surface area contributed by atoms with Gasteiger partial charge in [-0.3, -0.25) is 0 Å². The van der Waals surface area contributed by atoms with Crippen molar-refractivity contribution in [2.45, 2.75) is 18.4 Å². The molecule has 0 radical (unpaired) electrons. The summed E-state index contributed by atoms with van der Waals surface area (Å²) in [4.78, 5) is 0.182. The van der Waals surface area contributed by atoms with Gasteiger partial charge in [0, 0.05) is 13.1 Å². The van der Waals surface area contributed by atoms with Crippen LogP contribution in [0.2, 0.25) is 0 Å². The van der Waals surface area contributed by atoms with E-state index in [9.17, 15) is 16.8 Å². The first-order valence-electron chi connectivity index (χ1n) is 7.23. The van der Waals surface area contributed by atoms with Crippen LogP contribution in [-0.2, 0) is 26.6 Å². The van der Waals surface area contributed by atoms with Crippen molar-refractivity contribution in [1.82, 2.24) is 9.03 Å². The Kier molecular flexibility index (Phi) is 5.81. The van der Waals surface area contributed by atoms with Crippen molar-refractivity contribution in [3.8, 4) is 0 Å². The van der Waals surface area contributed by atoms with Crippen LogP contribution in [0.3, 0.4) is 0 Å². The Morgan fingerprint density at radius 1 is 1.08 bits per heavy atom. The minimum atomic E-state index is -3.69. The molecule has 2 aromatic rings. The highest BCUT2D eigenvalue weighted by Crippen LogP contribution is 2.14. The number of hydrogen-bond acceptors (Lipinski definition) is 5. The number of rotatable bonds is 8. The third kappa shape index (κ3) is 4.91. The molecule has 0 aliphatic heterocycles. The number of nitrogens with zero attached hydrogens (tertiary/aromatic N) is 1. The molecule has 1 aromatic carbocycles. The van der Waals surface area contributed by atoms with Gasteiger partial charge in [0.2, 0.25) is 20.0 Å². The fraction of sp³-hybridized carbons (Fsp3) is 0.333. The molecule has 1 heterocycles. The first kappa shape index (κ1) is 18.7. The molecule has 9 heteroatoms. The monoisotopic (exact) mass is 372 g/mol. The number of aryl methyl sites for hydroxylation is 1. The quantitative estimate of drug-likeness (QED) is 0.754. The van der Waals surface area contributed by atoms with Gasteiger partial charge < -0.3 is 4.42 Å². The lowest BCUT2D eigenvalue weighted by Gasteiger charge is -2.19. The van der Waals surface area contributed by atoms with E-state index in [1.54, 1.807) is 37.3 Å². The molecule has 1 aromatic heterocycles. The van der Waals surface area contributed by atoms with Gasteiger partial charge in [0.25, 0.3) is 0 Å². The van der Waals surface area contributed by atoms with Crippen LogP contribution >= 0.6 is 0 Å². The molecule has 0 fully saturated rings. The molecule has 0 aliphatic carbocycles. The Balaban J connectivity index is 2.03. The lowest BCUT2D eigenvalue weighted by Crippen LogP contribution is -2.37. The first-order chi connectivity index (χ1) is 11.2. The predicted octanol–water partition coefficient (Wildman–Crippen LogP) is 1.33. The van der Waals surface area contributed by atoms with Gasteiger partial charge in [-0.1, -0.05) is 18.2 Å². The van der Waals surface area contributed by atoms with E-state index in [0.29, 0.717) is 11.3 Å². The summed E-state index contributed by atoms with van der Waals surface area (Å²) in [6, 6.07) is 9.93. The largest absolute Gasteiger partial charge is 0.468 e. The zero-order valence-electron chi connectivity index (χ0n) is 13.5. The molecule has 0 bridgehead atoms. The highest BCUT2D eigenvalue weighted by molar-refractivity contribution is 7.89. The number of sulfonamides is 2. The van der Waals surface area contributed by atoms with Crippen LogP contribution in [0.15, 0.2) is 52.0 Å². The van der Waals surface area contributed by atoms with Gasteiger partial charge >= 0.3 is 0 Å². The lowest BCUT2D eigenvalue weighted by atomic mass is 10.2. The number of hydrogen-bond donors (Lipinski definition) is 1.